The molecule has 0 unspecified atom stereocenters. The Bertz CT molecular complexity index is 368. The molecule has 6 heteroatoms. The first-order chi connectivity index (χ1) is 6.06. The average Bonchev–Trinajstić information content (AvgIpc) is 2.10. The number of benzene rings is 1. The van der Waals surface area contributed by atoms with Crippen LogP contribution in [0.3, 0.4) is 0 Å². The predicted octanol–water partition coefficient (Wildman–Crippen LogP) is 1.74. The Balaban J connectivity index is 0.00000169. The maximum atomic E-state index is 13.2. The van der Waals surface area contributed by atoms with E-state index in [9.17, 15) is 4.39 Å². The Morgan fingerprint density at radius 2 is 2.07 bits per heavy atom. The van der Waals surface area contributed by atoms with Gasteiger partial charge in [-0.05, 0) is 47.2 Å². The third kappa shape index (κ3) is 2.71. The molecular weight excluding hydrogens is 319 g/mol. The van der Waals surface area contributed by atoms with Crippen LogP contribution in [0.5, 0.6) is 0 Å². The number of amidine groups is 1. The molecule has 0 amide bonds. The molecule has 0 aliphatic rings. The molecule has 4 N–H and O–H groups in total. The summed E-state index contributed by atoms with van der Waals surface area (Å²) in [5, 5.41) is 3.24. The minimum atomic E-state index is -0.399. The molecule has 0 aromatic heterocycles. The summed E-state index contributed by atoms with van der Waals surface area (Å²) < 4.78 is 14.2. The fourth-order valence-corrected chi connectivity index (χ4v) is 1.38. The zero-order chi connectivity index (χ0) is 10.0. The third-order valence-corrected chi connectivity index (χ3v) is 2.83. The van der Waals surface area contributed by atoms with Crippen molar-refractivity contribution in [2.75, 3.05) is 0 Å². The highest BCUT2D eigenvalue weighted by atomic mass is 127. The molecule has 78 valence electrons. The minimum Gasteiger partial charge on any atom is -0.382 e. The molecule has 3 nitrogen and oxygen atoms in total. The molecule has 1 rings (SSSR count). The lowest BCUT2D eigenvalue weighted by Gasteiger charge is -2.04. The van der Waals surface area contributed by atoms with Gasteiger partial charge < -0.3 is 11.6 Å². The maximum Gasteiger partial charge on any atom is 0.153 e. The van der Waals surface area contributed by atoms with Crippen molar-refractivity contribution in [3.05, 3.63) is 32.6 Å². The van der Waals surface area contributed by atoms with Crippen molar-refractivity contribution in [1.29, 1.82) is 0 Å². The second-order valence-corrected chi connectivity index (χ2v) is 3.76. The van der Waals surface area contributed by atoms with Gasteiger partial charge in [0.1, 0.15) is 5.82 Å². The van der Waals surface area contributed by atoms with Crippen molar-refractivity contribution < 1.29 is 4.39 Å². The normalized spacial score (nSPS) is 10.9. The number of hydrogen-bond donors (Lipinski definition) is 2. The molecule has 0 saturated carbocycles. The van der Waals surface area contributed by atoms with E-state index in [1.54, 1.807) is 6.07 Å². The number of hydrazone groups is 1. The molecule has 0 radical (unpaired) electrons. The number of nitrogens with zero attached hydrogens (tertiary/aromatic N) is 1. The van der Waals surface area contributed by atoms with Gasteiger partial charge in [0.05, 0.1) is 5.56 Å². The van der Waals surface area contributed by atoms with Gasteiger partial charge in [-0.15, -0.1) is 12.4 Å². The molecule has 0 aliphatic carbocycles. The molecule has 0 spiro atoms. The Kier molecular flexibility index (Phi) is 5.14. The number of aryl methyl sites for hydroxylation is 1. The highest BCUT2D eigenvalue weighted by Crippen LogP contribution is 2.16. The summed E-state index contributed by atoms with van der Waals surface area (Å²) in [6, 6.07) is 3.03. The van der Waals surface area contributed by atoms with E-state index in [4.69, 9.17) is 11.6 Å². The van der Waals surface area contributed by atoms with Gasteiger partial charge in [-0.25, -0.2) is 4.39 Å². The first-order valence-electron chi connectivity index (χ1n) is 3.55. The molecule has 14 heavy (non-hydrogen) atoms. The molecule has 1 aromatic carbocycles. The van der Waals surface area contributed by atoms with E-state index in [2.05, 4.69) is 27.7 Å². The van der Waals surface area contributed by atoms with Gasteiger partial charge in [0.15, 0.2) is 5.84 Å². The van der Waals surface area contributed by atoms with Crippen LogP contribution in [-0.2, 0) is 0 Å². The number of halogens is 3. The van der Waals surface area contributed by atoms with Gasteiger partial charge in [0.2, 0.25) is 0 Å². The number of nitrogens with two attached hydrogens (primary N) is 2. The smallest absolute Gasteiger partial charge is 0.153 e. The highest BCUT2D eigenvalue weighted by Gasteiger charge is 2.08. The van der Waals surface area contributed by atoms with Gasteiger partial charge in [0, 0.05) is 3.57 Å². The Hall–Kier alpha value is -0.560. The summed E-state index contributed by atoms with van der Waals surface area (Å²) in [6.45, 7) is 1.82. The Morgan fingerprint density at radius 3 is 2.57 bits per heavy atom. The van der Waals surface area contributed by atoms with Crippen molar-refractivity contribution in [3.63, 3.8) is 0 Å². The summed E-state index contributed by atoms with van der Waals surface area (Å²) in [4.78, 5) is 0. The zero-order valence-electron chi connectivity index (χ0n) is 7.42. The van der Waals surface area contributed by atoms with Crippen LogP contribution in [0, 0.1) is 16.3 Å². The average molecular weight is 330 g/mol. The van der Waals surface area contributed by atoms with Crippen LogP contribution >= 0.6 is 35.0 Å². The maximum absolute atomic E-state index is 13.2. The van der Waals surface area contributed by atoms with Gasteiger partial charge in [-0.3, -0.25) is 0 Å². The van der Waals surface area contributed by atoms with Gasteiger partial charge in [-0.1, -0.05) is 0 Å². The molecule has 1 aromatic rings. The van der Waals surface area contributed by atoms with E-state index >= 15 is 0 Å². The molecular formula is C8H10ClFIN3. The lowest BCUT2D eigenvalue weighted by Crippen LogP contribution is -2.17. The zero-order valence-corrected chi connectivity index (χ0v) is 10.4. The summed E-state index contributed by atoms with van der Waals surface area (Å²) in [6.07, 6.45) is 0. The quantitative estimate of drug-likeness (QED) is 0.271. The summed E-state index contributed by atoms with van der Waals surface area (Å²) in [5.74, 6) is 4.57. The second kappa shape index (κ2) is 5.35. The van der Waals surface area contributed by atoms with E-state index in [0.29, 0.717) is 0 Å². The molecule has 0 fully saturated rings. The molecule has 0 atom stereocenters. The summed E-state index contributed by atoms with van der Waals surface area (Å²) in [5.41, 5.74) is 6.51. The molecule has 0 saturated heterocycles. The van der Waals surface area contributed by atoms with Crippen molar-refractivity contribution in [2.24, 2.45) is 16.7 Å². The van der Waals surface area contributed by atoms with E-state index < -0.39 is 5.82 Å². The standard InChI is InChI=1S/C8H9FIN3.ClH/c1-4-2-6(9)5(3-7(4)10)8(11)13-12;/h2-3H,12H2,1H3,(H2,11,13);1H. The van der Waals surface area contributed by atoms with Gasteiger partial charge in [0.25, 0.3) is 0 Å². The fraction of sp³-hybridized carbons (Fsp3) is 0.125. The number of hydrogen-bond acceptors (Lipinski definition) is 2. The summed E-state index contributed by atoms with van der Waals surface area (Å²) >= 11 is 2.10. The predicted molar refractivity (Wildman–Crippen MR) is 66.0 cm³/mol. The Labute approximate surface area is 101 Å². The first-order valence-corrected chi connectivity index (χ1v) is 4.63. The van der Waals surface area contributed by atoms with E-state index in [1.165, 1.54) is 6.07 Å². The topological polar surface area (TPSA) is 64.4 Å². The Morgan fingerprint density at radius 1 is 1.50 bits per heavy atom. The number of rotatable bonds is 1. The fourth-order valence-electron chi connectivity index (χ4n) is 0.912. The minimum absolute atomic E-state index is 0. The van der Waals surface area contributed by atoms with Crippen molar-refractivity contribution in [2.45, 2.75) is 6.92 Å². The van der Waals surface area contributed by atoms with Gasteiger partial charge in [-0.2, -0.15) is 5.10 Å². The second-order valence-electron chi connectivity index (χ2n) is 2.60. The van der Waals surface area contributed by atoms with Crippen LogP contribution < -0.4 is 11.6 Å². The van der Waals surface area contributed by atoms with E-state index in [0.717, 1.165) is 9.13 Å². The van der Waals surface area contributed by atoms with E-state index in [-0.39, 0.29) is 23.8 Å². The van der Waals surface area contributed by atoms with Crippen LogP contribution in [0.25, 0.3) is 0 Å². The largest absolute Gasteiger partial charge is 0.382 e. The lowest BCUT2D eigenvalue weighted by atomic mass is 10.1. The lowest BCUT2D eigenvalue weighted by molar-refractivity contribution is 0.623. The SMILES string of the molecule is Cc1cc(F)c(/C(N)=N/N)cc1I.Cl. The monoisotopic (exact) mass is 329 g/mol. The van der Waals surface area contributed by atoms with Crippen molar-refractivity contribution in [1.82, 2.24) is 0 Å². The third-order valence-electron chi connectivity index (χ3n) is 1.66. The van der Waals surface area contributed by atoms with E-state index in [1.807, 2.05) is 6.92 Å². The molecule has 0 bridgehead atoms. The molecule has 0 heterocycles. The van der Waals surface area contributed by atoms with Gasteiger partial charge >= 0.3 is 0 Å². The highest BCUT2D eigenvalue weighted by molar-refractivity contribution is 14.1. The van der Waals surface area contributed by atoms with Crippen LogP contribution in [0.2, 0.25) is 0 Å². The first kappa shape index (κ1) is 13.4. The summed E-state index contributed by atoms with van der Waals surface area (Å²) in [7, 11) is 0. The van der Waals surface area contributed by atoms with Crippen LogP contribution in [0.4, 0.5) is 4.39 Å². The van der Waals surface area contributed by atoms with Crippen molar-refractivity contribution >= 4 is 40.8 Å². The molecule has 0 aliphatic heterocycles. The van der Waals surface area contributed by atoms with Crippen LogP contribution in [0.1, 0.15) is 11.1 Å². The van der Waals surface area contributed by atoms with Crippen LogP contribution in [-0.4, -0.2) is 5.84 Å². The van der Waals surface area contributed by atoms with Crippen LogP contribution in [0.15, 0.2) is 17.2 Å². The van der Waals surface area contributed by atoms with Crippen molar-refractivity contribution in [3.8, 4) is 0 Å².